The van der Waals surface area contributed by atoms with Crippen LogP contribution in [-0.2, 0) is 17.8 Å². The van der Waals surface area contributed by atoms with Gasteiger partial charge in [0.15, 0.2) is 0 Å². The van der Waals surface area contributed by atoms with Crippen LogP contribution >= 0.6 is 0 Å². The Morgan fingerprint density at radius 3 is 2.40 bits per heavy atom. The van der Waals surface area contributed by atoms with Gasteiger partial charge in [-0.25, -0.2) is 0 Å². The van der Waals surface area contributed by atoms with Crippen LogP contribution in [0.2, 0.25) is 0 Å². The van der Waals surface area contributed by atoms with E-state index in [0.717, 1.165) is 11.1 Å². The van der Waals surface area contributed by atoms with Crippen LogP contribution in [0.5, 0.6) is 0 Å². The van der Waals surface area contributed by atoms with Gasteiger partial charge in [-0.2, -0.15) is 0 Å². The van der Waals surface area contributed by atoms with E-state index in [1.807, 2.05) is 24.3 Å². The van der Waals surface area contributed by atoms with Crippen LogP contribution < -0.4 is 10.6 Å². The predicted molar refractivity (Wildman–Crippen MR) is 95.3 cm³/mol. The highest BCUT2D eigenvalue weighted by Crippen LogP contribution is 2.22. The number of rotatable bonds is 9. The Hall–Kier alpha value is -2.93. The lowest BCUT2D eigenvalue weighted by molar-refractivity contribution is -0.384. The van der Waals surface area contributed by atoms with Crippen LogP contribution in [-0.4, -0.2) is 29.0 Å². The molecule has 1 amide bonds. The van der Waals surface area contributed by atoms with Gasteiger partial charge in [0.25, 0.3) is 5.69 Å². The Labute approximate surface area is 145 Å². The molecule has 0 heterocycles. The van der Waals surface area contributed by atoms with Crippen molar-refractivity contribution in [3.63, 3.8) is 0 Å². The number of hydrogen-bond donors (Lipinski definition) is 3. The highest BCUT2D eigenvalue weighted by Gasteiger charge is 2.11. The summed E-state index contributed by atoms with van der Waals surface area (Å²) in [5.41, 5.74) is 2.34. The maximum absolute atomic E-state index is 11.8. The molecule has 0 saturated carbocycles. The normalized spacial score (nSPS) is 10.3. The number of para-hydroxylation sites is 2. The molecule has 7 heteroatoms. The van der Waals surface area contributed by atoms with Crippen LogP contribution in [0.1, 0.15) is 17.5 Å². The summed E-state index contributed by atoms with van der Waals surface area (Å²) in [6.45, 7) is 0.855. The molecule has 0 aliphatic carbocycles. The lowest BCUT2D eigenvalue weighted by Gasteiger charge is -2.08. The van der Waals surface area contributed by atoms with Crippen LogP contribution in [0.4, 0.5) is 11.4 Å². The molecule has 2 aromatic carbocycles. The third-order valence-electron chi connectivity index (χ3n) is 3.71. The lowest BCUT2D eigenvalue weighted by atomic mass is 10.1. The van der Waals surface area contributed by atoms with E-state index in [1.165, 1.54) is 6.07 Å². The van der Waals surface area contributed by atoms with Crippen molar-refractivity contribution in [2.24, 2.45) is 0 Å². The summed E-state index contributed by atoms with van der Waals surface area (Å²) in [5, 5.41) is 25.6. The summed E-state index contributed by atoms with van der Waals surface area (Å²) in [6.07, 6.45) is 0.935. The number of amides is 1. The number of anilines is 1. The molecular weight excluding hydrogens is 322 g/mol. The molecule has 0 spiro atoms. The van der Waals surface area contributed by atoms with Gasteiger partial charge in [0.05, 0.1) is 11.5 Å². The number of benzene rings is 2. The smallest absolute Gasteiger partial charge is 0.292 e. The largest absolute Gasteiger partial charge is 0.392 e. The van der Waals surface area contributed by atoms with Crippen molar-refractivity contribution in [1.82, 2.24) is 5.32 Å². The van der Waals surface area contributed by atoms with Crippen molar-refractivity contribution in [2.75, 3.05) is 18.4 Å². The molecular formula is C18H21N3O4. The molecule has 0 bridgehead atoms. The third-order valence-corrected chi connectivity index (χ3v) is 3.71. The minimum atomic E-state index is -0.454. The lowest BCUT2D eigenvalue weighted by Crippen LogP contribution is -2.27. The monoisotopic (exact) mass is 343 g/mol. The average molecular weight is 343 g/mol. The van der Waals surface area contributed by atoms with Gasteiger partial charge in [0.2, 0.25) is 5.91 Å². The molecule has 0 unspecified atom stereocenters. The summed E-state index contributed by atoms with van der Waals surface area (Å²) in [5.74, 6) is -0.113. The van der Waals surface area contributed by atoms with Crippen molar-refractivity contribution in [3.8, 4) is 0 Å². The summed E-state index contributed by atoms with van der Waals surface area (Å²) in [4.78, 5) is 22.3. The van der Waals surface area contributed by atoms with Gasteiger partial charge in [-0.05, 0) is 23.6 Å². The van der Waals surface area contributed by atoms with Crippen LogP contribution in [0, 0.1) is 10.1 Å². The zero-order valence-corrected chi connectivity index (χ0v) is 13.8. The molecule has 0 radical (unpaired) electrons. The topological polar surface area (TPSA) is 104 Å². The van der Waals surface area contributed by atoms with Crippen molar-refractivity contribution in [1.29, 1.82) is 0 Å². The average Bonchev–Trinajstić information content (AvgIpc) is 2.62. The van der Waals surface area contributed by atoms with E-state index in [0.29, 0.717) is 25.2 Å². The van der Waals surface area contributed by atoms with Gasteiger partial charge in [-0.3, -0.25) is 14.9 Å². The van der Waals surface area contributed by atoms with Crippen LogP contribution in [0.15, 0.2) is 48.5 Å². The van der Waals surface area contributed by atoms with E-state index in [2.05, 4.69) is 10.6 Å². The number of carbonyl (C=O) groups is 1. The Balaban J connectivity index is 1.69. The Kier molecular flexibility index (Phi) is 6.91. The van der Waals surface area contributed by atoms with E-state index in [9.17, 15) is 14.9 Å². The molecule has 0 aliphatic rings. The summed E-state index contributed by atoms with van der Waals surface area (Å²) in [7, 11) is 0. The number of aliphatic hydroxyl groups excluding tert-OH is 1. The number of nitro groups is 1. The second-order valence-electron chi connectivity index (χ2n) is 5.53. The van der Waals surface area contributed by atoms with Gasteiger partial charge in [0.1, 0.15) is 5.69 Å². The predicted octanol–water partition coefficient (Wildman–Crippen LogP) is 2.25. The number of nitrogens with zero attached hydrogens (tertiary/aromatic N) is 1. The van der Waals surface area contributed by atoms with Crippen molar-refractivity contribution < 1.29 is 14.8 Å². The number of carbonyl (C=O) groups excluding carboxylic acids is 1. The van der Waals surface area contributed by atoms with Crippen LogP contribution in [0.25, 0.3) is 0 Å². The summed E-state index contributed by atoms with van der Waals surface area (Å²) >= 11 is 0. The summed E-state index contributed by atoms with van der Waals surface area (Å²) in [6, 6.07) is 13.9. The fraction of sp³-hybridized carbons (Fsp3) is 0.278. The maximum Gasteiger partial charge on any atom is 0.292 e. The quantitative estimate of drug-likeness (QED) is 0.478. The van der Waals surface area contributed by atoms with Gasteiger partial charge >= 0.3 is 0 Å². The summed E-state index contributed by atoms with van der Waals surface area (Å²) < 4.78 is 0. The first-order valence-electron chi connectivity index (χ1n) is 8.03. The maximum atomic E-state index is 11.8. The zero-order valence-electron chi connectivity index (χ0n) is 13.8. The van der Waals surface area contributed by atoms with Crippen molar-refractivity contribution >= 4 is 17.3 Å². The molecule has 25 heavy (non-hydrogen) atoms. The molecule has 0 fully saturated rings. The molecule has 0 aromatic heterocycles. The molecule has 0 atom stereocenters. The minimum absolute atomic E-state index is 0.00534. The molecule has 7 nitrogen and oxygen atoms in total. The van der Waals surface area contributed by atoms with E-state index in [1.54, 1.807) is 18.2 Å². The first-order chi connectivity index (χ1) is 12.1. The number of nitro benzene ring substituents is 1. The Morgan fingerprint density at radius 2 is 1.72 bits per heavy atom. The first-order valence-corrected chi connectivity index (χ1v) is 8.03. The number of nitrogens with one attached hydrogen (secondary N) is 2. The first kappa shape index (κ1) is 18.4. The zero-order chi connectivity index (χ0) is 18.1. The molecule has 132 valence electrons. The van der Waals surface area contributed by atoms with E-state index >= 15 is 0 Å². The minimum Gasteiger partial charge on any atom is -0.392 e. The van der Waals surface area contributed by atoms with E-state index in [4.69, 9.17) is 5.11 Å². The molecule has 2 aromatic rings. The molecule has 0 aliphatic heterocycles. The van der Waals surface area contributed by atoms with Gasteiger partial charge in [-0.1, -0.05) is 36.4 Å². The van der Waals surface area contributed by atoms with Crippen molar-refractivity contribution in [2.45, 2.75) is 19.4 Å². The van der Waals surface area contributed by atoms with Crippen molar-refractivity contribution in [3.05, 3.63) is 69.8 Å². The van der Waals surface area contributed by atoms with Crippen LogP contribution in [0.3, 0.4) is 0 Å². The number of hydrogen-bond acceptors (Lipinski definition) is 5. The highest BCUT2D eigenvalue weighted by molar-refractivity contribution is 5.76. The molecule has 2 rings (SSSR count). The second-order valence-corrected chi connectivity index (χ2v) is 5.53. The fourth-order valence-electron chi connectivity index (χ4n) is 2.34. The van der Waals surface area contributed by atoms with E-state index < -0.39 is 4.92 Å². The van der Waals surface area contributed by atoms with E-state index in [-0.39, 0.29) is 24.6 Å². The van der Waals surface area contributed by atoms with Gasteiger partial charge < -0.3 is 15.7 Å². The second kappa shape index (κ2) is 9.39. The molecule has 0 saturated heterocycles. The van der Waals surface area contributed by atoms with Gasteiger partial charge in [-0.15, -0.1) is 0 Å². The molecule has 3 N–H and O–H groups in total. The standard InChI is InChI=1S/C18H21N3O4/c22-13-15-7-5-14(6-8-15)9-11-20-18(23)10-12-19-16-3-1-2-4-17(16)21(24)25/h1-8,19,22H,9-13H2,(H,20,23). The Bertz CT molecular complexity index is 717. The number of aliphatic hydroxyl groups is 1. The fourth-order valence-corrected chi connectivity index (χ4v) is 2.34. The third kappa shape index (κ3) is 5.89. The Morgan fingerprint density at radius 1 is 1.04 bits per heavy atom. The van der Waals surface area contributed by atoms with Gasteiger partial charge in [0, 0.05) is 25.6 Å². The highest BCUT2D eigenvalue weighted by atomic mass is 16.6. The SMILES string of the molecule is O=C(CCNc1ccccc1[N+](=O)[O-])NCCc1ccc(CO)cc1.